The van der Waals surface area contributed by atoms with Gasteiger partial charge in [-0.25, -0.2) is 0 Å². The minimum atomic E-state index is 0.174. The largest absolute Gasteiger partial charge is 0.283 e. The maximum absolute atomic E-state index is 9.01. The van der Waals surface area contributed by atoms with Crippen LogP contribution in [0.1, 0.15) is 27.2 Å². The molecule has 2 aliphatic rings. The van der Waals surface area contributed by atoms with Crippen molar-refractivity contribution in [1.29, 1.82) is 5.26 Å². The molecule has 0 aromatic rings. The number of rotatable bonds is 0. The summed E-state index contributed by atoms with van der Waals surface area (Å²) in [6, 6.07) is 2.64. The number of piperidine rings is 1. The fourth-order valence-corrected chi connectivity index (χ4v) is 2.32. The van der Waals surface area contributed by atoms with Gasteiger partial charge in [-0.2, -0.15) is 5.26 Å². The number of hydrogen-bond acceptors (Lipinski definition) is 2. The maximum atomic E-state index is 9.01. The van der Waals surface area contributed by atoms with Gasteiger partial charge in [0.15, 0.2) is 0 Å². The summed E-state index contributed by atoms with van der Waals surface area (Å²) in [6.45, 7) is 7.73. The van der Waals surface area contributed by atoms with Crippen LogP contribution in [-0.2, 0) is 0 Å². The Labute approximate surface area is 74.2 Å². The smallest absolute Gasteiger partial charge is 0.101 e. The van der Waals surface area contributed by atoms with Crippen LogP contribution in [0.25, 0.3) is 0 Å². The van der Waals surface area contributed by atoms with Crippen LogP contribution in [-0.4, -0.2) is 23.0 Å². The highest BCUT2D eigenvalue weighted by atomic mass is 15.3. The van der Waals surface area contributed by atoms with E-state index < -0.39 is 0 Å². The molecule has 0 spiro atoms. The third kappa shape index (κ3) is 1.04. The van der Waals surface area contributed by atoms with Crippen molar-refractivity contribution in [2.24, 2.45) is 11.8 Å². The van der Waals surface area contributed by atoms with E-state index in [1.807, 2.05) is 0 Å². The van der Waals surface area contributed by atoms with E-state index in [1.54, 1.807) is 0 Å². The molecule has 0 aromatic heterocycles. The molecule has 3 unspecified atom stereocenters. The Kier molecular flexibility index (Phi) is 1.50. The molecule has 0 bridgehead atoms. The summed E-state index contributed by atoms with van der Waals surface area (Å²) in [7, 11) is 0. The summed E-state index contributed by atoms with van der Waals surface area (Å²) in [5.74, 6) is 1.54. The van der Waals surface area contributed by atoms with Crippen LogP contribution in [0, 0.1) is 23.2 Å². The molecule has 0 radical (unpaired) electrons. The fraction of sp³-hybridized carbons (Fsp3) is 0.900. The average molecular weight is 164 g/mol. The minimum Gasteiger partial charge on any atom is -0.283 e. The van der Waals surface area contributed by atoms with Gasteiger partial charge in [0.2, 0.25) is 0 Å². The molecule has 2 heteroatoms. The summed E-state index contributed by atoms with van der Waals surface area (Å²) >= 11 is 0. The molecule has 0 amide bonds. The normalized spacial score (nSPS) is 40.7. The number of hydrogen-bond donors (Lipinski definition) is 0. The standard InChI is InChI=1S/C10H16N2/c1-10(2,3)12-6-7-4-8(7)9(12)5-11/h7-9H,4,6H2,1-3H3. The molecule has 2 fully saturated rings. The zero-order valence-corrected chi connectivity index (χ0v) is 8.04. The lowest BCUT2D eigenvalue weighted by Crippen LogP contribution is -2.46. The predicted octanol–water partition coefficient (Wildman–Crippen LogP) is 1.63. The fourth-order valence-electron chi connectivity index (χ4n) is 2.32. The Morgan fingerprint density at radius 3 is 2.50 bits per heavy atom. The van der Waals surface area contributed by atoms with Gasteiger partial charge in [0, 0.05) is 12.1 Å². The highest BCUT2D eigenvalue weighted by Gasteiger charge is 2.55. The van der Waals surface area contributed by atoms with E-state index in [0.717, 1.165) is 12.5 Å². The van der Waals surface area contributed by atoms with Crippen molar-refractivity contribution in [3.8, 4) is 6.07 Å². The summed E-state index contributed by atoms with van der Waals surface area (Å²) in [4.78, 5) is 2.35. The van der Waals surface area contributed by atoms with Gasteiger partial charge in [0.25, 0.3) is 0 Å². The van der Waals surface area contributed by atoms with E-state index in [9.17, 15) is 0 Å². The highest BCUT2D eigenvalue weighted by molar-refractivity contribution is 5.14. The van der Waals surface area contributed by atoms with Gasteiger partial charge in [-0.15, -0.1) is 0 Å². The first-order chi connectivity index (χ1) is 5.54. The molecule has 1 heterocycles. The Hall–Kier alpha value is -0.550. The third-order valence-corrected chi connectivity index (χ3v) is 3.14. The molecule has 3 atom stereocenters. The van der Waals surface area contributed by atoms with Crippen LogP contribution in [0.15, 0.2) is 0 Å². The molecule has 2 nitrogen and oxygen atoms in total. The summed E-state index contributed by atoms with van der Waals surface area (Å²) < 4.78 is 0. The van der Waals surface area contributed by atoms with E-state index in [-0.39, 0.29) is 11.6 Å². The van der Waals surface area contributed by atoms with E-state index in [4.69, 9.17) is 5.26 Å². The van der Waals surface area contributed by atoms with Crippen LogP contribution in [0.2, 0.25) is 0 Å². The number of nitrogens with zero attached hydrogens (tertiary/aromatic N) is 2. The van der Waals surface area contributed by atoms with Crippen molar-refractivity contribution in [2.45, 2.75) is 38.8 Å². The number of nitriles is 1. The SMILES string of the molecule is CC(C)(C)N1CC2CC2C1C#N. The third-order valence-electron chi connectivity index (χ3n) is 3.14. The van der Waals surface area contributed by atoms with Gasteiger partial charge in [0.1, 0.15) is 6.04 Å². The highest BCUT2D eigenvalue weighted by Crippen LogP contribution is 2.51. The predicted molar refractivity (Wildman–Crippen MR) is 47.5 cm³/mol. The molecular formula is C10H16N2. The molecular weight excluding hydrogens is 148 g/mol. The van der Waals surface area contributed by atoms with E-state index >= 15 is 0 Å². The first-order valence-electron chi connectivity index (χ1n) is 4.70. The minimum absolute atomic E-state index is 0.174. The number of likely N-dealkylation sites (tertiary alicyclic amines) is 1. The van der Waals surface area contributed by atoms with Crippen molar-refractivity contribution >= 4 is 0 Å². The van der Waals surface area contributed by atoms with Crippen molar-refractivity contribution in [1.82, 2.24) is 4.90 Å². The van der Waals surface area contributed by atoms with Crippen LogP contribution < -0.4 is 0 Å². The van der Waals surface area contributed by atoms with Gasteiger partial charge in [-0.1, -0.05) is 0 Å². The van der Waals surface area contributed by atoms with Gasteiger partial charge in [0.05, 0.1) is 6.07 Å². The van der Waals surface area contributed by atoms with Crippen LogP contribution in [0.4, 0.5) is 0 Å². The van der Waals surface area contributed by atoms with E-state index in [1.165, 1.54) is 6.42 Å². The first-order valence-corrected chi connectivity index (χ1v) is 4.70. The maximum Gasteiger partial charge on any atom is 0.101 e. The zero-order valence-electron chi connectivity index (χ0n) is 8.04. The lowest BCUT2D eigenvalue weighted by Gasteiger charge is -2.35. The Balaban J connectivity index is 2.14. The second kappa shape index (κ2) is 2.23. The molecule has 1 saturated carbocycles. The monoisotopic (exact) mass is 164 g/mol. The van der Waals surface area contributed by atoms with Crippen LogP contribution in [0.3, 0.4) is 0 Å². The quantitative estimate of drug-likeness (QED) is 0.544. The van der Waals surface area contributed by atoms with Gasteiger partial charge < -0.3 is 0 Å². The van der Waals surface area contributed by atoms with Gasteiger partial charge in [-0.3, -0.25) is 4.90 Å². The molecule has 0 N–H and O–H groups in total. The van der Waals surface area contributed by atoms with Crippen LogP contribution in [0.5, 0.6) is 0 Å². The summed E-state index contributed by atoms with van der Waals surface area (Å²) in [5.41, 5.74) is 0.174. The van der Waals surface area contributed by atoms with E-state index in [0.29, 0.717) is 5.92 Å². The average Bonchev–Trinajstić information content (AvgIpc) is 2.61. The van der Waals surface area contributed by atoms with Crippen molar-refractivity contribution in [3.63, 3.8) is 0 Å². The van der Waals surface area contributed by atoms with Crippen molar-refractivity contribution < 1.29 is 0 Å². The molecule has 66 valence electrons. The molecule has 2 rings (SSSR count). The van der Waals surface area contributed by atoms with Crippen LogP contribution >= 0.6 is 0 Å². The summed E-state index contributed by atoms with van der Waals surface area (Å²) in [6.07, 6.45) is 1.30. The second-order valence-electron chi connectivity index (χ2n) is 5.06. The molecule has 1 aliphatic carbocycles. The molecule has 0 aromatic carbocycles. The van der Waals surface area contributed by atoms with Gasteiger partial charge >= 0.3 is 0 Å². The zero-order chi connectivity index (χ0) is 8.93. The van der Waals surface area contributed by atoms with Gasteiger partial charge in [-0.05, 0) is 39.0 Å². The van der Waals surface area contributed by atoms with Crippen molar-refractivity contribution in [3.05, 3.63) is 0 Å². The first kappa shape index (κ1) is 8.07. The second-order valence-corrected chi connectivity index (χ2v) is 5.06. The van der Waals surface area contributed by atoms with Crippen molar-refractivity contribution in [2.75, 3.05) is 6.54 Å². The molecule has 1 saturated heterocycles. The molecule has 12 heavy (non-hydrogen) atoms. The Bertz CT molecular complexity index is 233. The lowest BCUT2D eigenvalue weighted by atomic mass is 10.0. The Morgan fingerprint density at radius 1 is 1.42 bits per heavy atom. The lowest BCUT2D eigenvalue weighted by molar-refractivity contribution is 0.126. The summed E-state index contributed by atoms with van der Waals surface area (Å²) in [5, 5.41) is 9.01. The topological polar surface area (TPSA) is 27.0 Å². The Morgan fingerprint density at radius 2 is 2.08 bits per heavy atom. The van der Waals surface area contributed by atoms with E-state index in [2.05, 4.69) is 31.7 Å². The molecule has 1 aliphatic heterocycles. The number of fused-ring (bicyclic) bond motifs is 1.